The molecule has 0 bridgehead atoms. The van der Waals surface area contributed by atoms with Crippen molar-refractivity contribution in [1.82, 2.24) is 4.90 Å². The third kappa shape index (κ3) is 1.83. The van der Waals surface area contributed by atoms with Crippen LogP contribution in [0.2, 0.25) is 0 Å². The van der Waals surface area contributed by atoms with Gasteiger partial charge in [0.1, 0.15) is 11.4 Å². The van der Waals surface area contributed by atoms with Gasteiger partial charge in [-0.25, -0.2) is 4.39 Å². The van der Waals surface area contributed by atoms with Gasteiger partial charge in [-0.15, -0.1) is 0 Å². The Hall–Kier alpha value is -2.95. The Bertz CT molecular complexity index is 1010. The van der Waals surface area contributed by atoms with Gasteiger partial charge in [-0.05, 0) is 18.2 Å². The van der Waals surface area contributed by atoms with Crippen molar-refractivity contribution in [1.29, 1.82) is 0 Å². The lowest BCUT2D eigenvalue weighted by molar-refractivity contribution is 0.0770. The van der Waals surface area contributed by atoms with Crippen LogP contribution in [0.4, 0.5) is 4.39 Å². The number of hydrogen-bond acceptors (Lipinski definition) is 3. The minimum absolute atomic E-state index is 0.00977. The SMILES string of the molecule is CN1C(=O)c2oc3ccccc3c(=O)c2C1c1ccccc1F. The lowest BCUT2D eigenvalue weighted by Crippen LogP contribution is -2.25. The zero-order valence-electron chi connectivity index (χ0n) is 12.2. The van der Waals surface area contributed by atoms with Crippen LogP contribution in [-0.4, -0.2) is 17.9 Å². The maximum Gasteiger partial charge on any atom is 0.290 e. The molecule has 3 aromatic rings. The van der Waals surface area contributed by atoms with Crippen LogP contribution < -0.4 is 5.43 Å². The summed E-state index contributed by atoms with van der Waals surface area (Å²) in [7, 11) is 1.54. The minimum Gasteiger partial charge on any atom is -0.450 e. The molecule has 1 amide bonds. The van der Waals surface area contributed by atoms with E-state index < -0.39 is 17.8 Å². The number of carbonyl (C=O) groups excluding carboxylic acids is 1. The molecule has 114 valence electrons. The van der Waals surface area contributed by atoms with Crippen molar-refractivity contribution in [2.24, 2.45) is 0 Å². The number of amides is 1. The first-order chi connectivity index (χ1) is 11.1. The van der Waals surface area contributed by atoms with E-state index >= 15 is 0 Å². The number of carbonyl (C=O) groups is 1. The van der Waals surface area contributed by atoms with E-state index in [4.69, 9.17) is 4.42 Å². The predicted molar refractivity (Wildman–Crippen MR) is 82.8 cm³/mol. The standard InChI is InChI=1S/C18H12FNO3/c1-20-15(10-6-2-4-8-12(10)19)14-16(21)11-7-3-5-9-13(11)23-17(14)18(20)22/h2-9,15H,1H3. The van der Waals surface area contributed by atoms with Gasteiger partial charge in [-0.2, -0.15) is 0 Å². The van der Waals surface area contributed by atoms with E-state index in [1.165, 1.54) is 11.0 Å². The first-order valence-electron chi connectivity index (χ1n) is 7.17. The molecule has 0 aliphatic carbocycles. The molecule has 0 spiro atoms. The van der Waals surface area contributed by atoms with Crippen molar-refractivity contribution < 1.29 is 13.6 Å². The van der Waals surface area contributed by atoms with Crippen LogP contribution in [-0.2, 0) is 0 Å². The van der Waals surface area contributed by atoms with Crippen LogP contribution in [0.15, 0.2) is 57.7 Å². The number of hydrogen-bond donors (Lipinski definition) is 0. The summed E-state index contributed by atoms with van der Waals surface area (Å²) in [5.41, 5.74) is 0.533. The van der Waals surface area contributed by atoms with Crippen LogP contribution >= 0.6 is 0 Å². The molecule has 1 aliphatic heterocycles. The second kappa shape index (κ2) is 4.78. The lowest BCUT2D eigenvalue weighted by Gasteiger charge is -2.20. The van der Waals surface area contributed by atoms with Gasteiger partial charge in [0.05, 0.1) is 17.0 Å². The van der Waals surface area contributed by atoms with Crippen molar-refractivity contribution in [3.8, 4) is 0 Å². The highest BCUT2D eigenvalue weighted by molar-refractivity contribution is 5.98. The van der Waals surface area contributed by atoms with Crippen LogP contribution in [0.1, 0.15) is 27.7 Å². The number of halogens is 1. The molecule has 1 atom stereocenters. The monoisotopic (exact) mass is 309 g/mol. The van der Waals surface area contributed by atoms with E-state index in [0.717, 1.165) is 0 Å². The van der Waals surface area contributed by atoms with Crippen molar-refractivity contribution >= 4 is 16.9 Å². The second-order valence-electron chi connectivity index (χ2n) is 5.51. The predicted octanol–water partition coefficient (Wildman–Crippen LogP) is 3.11. The first-order valence-corrected chi connectivity index (χ1v) is 7.17. The van der Waals surface area contributed by atoms with E-state index in [9.17, 15) is 14.0 Å². The fourth-order valence-corrected chi connectivity index (χ4v) is 3.10. The largest absolute Gasteiger partial charge is 0.450 e. The average Bonchev–Trinajstić information content (AvgIpc) is 2.81. The molecule has 1 unspecified atom stereocenters. The summed E-state index contributed by atoms with van der Waals surface area (Å²) < 4.78 is 19.9. The molecule has 0 radical (unpaired) electrons. The molecule has 0 saturated heterocycles. The summed E-state index contributed by atoms with van der Waals surface area (Å²) in [6.45, 7) is 0. The summed E-state index contributed by atoms with van der Waals surface area (Å²) in [6, 6.07) is 12.1. The molecule has 2 heterocycles. The fourth-order valence-electron chi connectivity index (χ4n) is 3.10. The lowest BCUT2D eigenvalue weighted by atomic mass is 9.98. The Morgan fingerprint density at radius 3 is 2.52 bits per heavy atom. The zero-order valence-corrected chi connectivity index (χ0v) is 12.2. The highest BCUT2D eigenvalue weighted by Gasteiger charge is 2.41. The van der Waals surface area contributed by atoms with Crippen molar-refractivity contribution in [2.45, 2.75) is 6.04 Å². The summed E-state index contributed by atoms with van der Waals surface area (Å²) in [5, 5.41) is 0.385. The van der Waals surface area contributed by atoms with Crippen LogP contribution in [0, 0.1) is 5.82 Å². The quantitative estimate of drug-likeness (QED) is 0.694. The molecular weight excluding hydrogens is 297 g/mol. The molecule has 0 fully saturated rings. The minimum atomic E-state index is -0.778. The molecule has 1 aliphatic rings. The maximum atomic E-state index is 14.2. The van der Waals surface area contributed by atoms with Gasteiger partial charge in [0.25, 0.3) is 5.91 Å². The first kappa shape index (κ1) is 13.7. The Morgan fingerprint density at radius 2 is 1.74 bits per heavy atom. The summed E-state index contributed by atoms with van der Waals surface area (Å²) in [6.07, 6.45) is 0. The summed E-state index contributed by atoms with van der Waals surface area (Å²) in [4.78, 5) is 26.6. The van der Waals surface area contributed by atoms with Gasteiger partial charge in [-0.3, -0.25) is 9.59 Å². The van der Waals surface area contributed by atoms with Crippen molar-refractivity contribution in [3.63, 3.8) is 0 Å². The molecule has 0 saturated carbocycles. The third-order valence-corrected chi connectivity index (χ3v) is 4.21. The number of nitrogens with zero attached hydrogens (tertiary/aromatic N) is 1. The normalized spacial score (nSPS) is 16.9. The molecule has 1 aromatic heterocycles. The molecule has 5 heteroatoms. The highest BCUT2D eigenvalue weighted by Crippen LogP contribution is 2.37. The molecular formula is C18H12FNO3. The number of para-hydroxylation sites is 1. The van der Waals surface area contributed by atoms with E-state index in [1.807, 2.05) is 0 Å². The van der Waals surface area contributed by atoms with Gasteiger partial charge in [0.2, 0.25) is 5.76 Å². The Balaban J connectivity index is 2.07. The number of benzene rings is 2. The molecule has 4 rings (SSSR count). The van der Waals surface area contributed by atoms with Gasteiger partial charge in [0, 0.05) is 12.6 Å². The molecule has 0 N–H and O–H groups in total. The number of fused-ring (bicyclic) bond motifs is 2. The Morgan fingerprint density at radius 1 is 1.04 bits per heavy atom. The fraction of sp³-hybridized carbons (Fsp3) is 0.111. The van der Waals surface area contributed by atoms with Crippen LogP contribution in [0.3, 0.4) is 0 Å². The zero-order chi connectivity index (χ0) is 16.1. The maximum absolute atomic E-state index is 14.2. The van der Waals surface area contributed by atoms with E-state index in [0.29, 0.717) is 11.0 Å². The molecule has 23 heavy (non-hydrogen) atoms. The smallest absolute Gasteiger partial charge is 0.290 e. The van der Waals surface area contributed by atoms with Gasteiger partial charge in [0.15, 0.2) is 5.43 Å². The summed E-state index contributed by atoms with van der Waals surface area (Å²) in [5.74, 6) is -0.891. The Labute approximate surface area is 130 Å². The number of rotatable bonds is 1. The van der Waals surface area contributed by atoms with Crippen LogP contribution in [0.5, 0.6) is 0 Å². The molecule has 4 nitrogen and oxygen atoms in total. The third-order valence-electron chi connectivity index (χ3n) is 4.21. The van der Waals surface area contributed by atoms with Gasteiger partial charge in [-0.1, -0.05) is 30.3 Å². The van der Waals surface area contributed by atoms with E-state index in [1.54, 1.807) is 49.5 Å². The van der Waals surface area contributed by atoms with E-state index in [2.05, 4.69) is 0 Å². The second-order valence-corrected chi connectivity index (χ2v) is 5.51. The molecule has 2 aromatic carbocycles. The van der Waals surface area contributed by atoms with Gasteiger partial charge < -0.3 is 9.32 Å². The van der Waals surface area contributed by atoms with Crippen molar-refractivity contribution in [2.75, 3.05) is 7.05 Å². The van der Waals surface area contributed by atoms with Crippen LogP contribution in [0.25, 0.3) is 11.0 Å². The highest BCUT2D eigenvalue weighted by atomic mass is 19.1. The van der Waals surface area contributed by atoms with Gasteiger partial charge >= 0.3 is 0 Å². The average molecular weight is 309 g/mol. The summed E-state index contributed by atoms with van der Waals surface area (Å²) >= 11 is 0. The topological polar surface area (TPSA) is 50.5 Å². The Kier molecular flexibility index (Phi) is 2.84. The van der Waals surface area contributed by atoms with E-state index in [-0.39, 0.29) is 22.3 Å². The van der Waals surface area contributed by atoms with Crippen molar-refractivity contribution in [3.05, 3.63) is 81.5 Å².